The first-order chi connectivity index (χ1) is 17.7. The molecule has 37 heavy (non-hydrogen) atoms. The molecule has 0 bridgehead atoms. The third-order valence-electron chi connectivity index (χ3n) is 6.27. The van der Waals surface area contributed by atoms with Crippen LogP contribution in [-0.4, -0.2) is 51.2 Å². The maximum absolute atomic E-state index is 13.5. The molecule has 0 saturated carbocycles. The van der Waals surface area contributed by atoms with Crippen LogP contribution in [0.2, 0.25) is 0 Å². The Labute approximate surface area is 221 Å². The van der Waals surface area contributed by atoms with E-state index in [4.69, 9.17) is 5.73 Å². The minimum atomic E-state index is -0.494. The molecule has 4 rings (SSSR count). The number of aromatic nitrogens is 4. The molecule has 0 fully saturated rings. The van der Waals surface area contributed by atoms with Gasteiger partial charge in [0.2, 0.25) is 0 Å². The fourth-order valence-electron chi connectivity index (χ4n) is 4.13. The fraction of sp³-hybridized carbons (Fsp3) is 0.200. The highest BCUT2D eigenvalue weighted by Gasteiger charge is 2.37. The number of likely N-dealkylation sites (N-methyl/N-ethyl adjacent to an activating group) is 1. The van der Waals surface area contributed by atoms with Gasteiger partial charge in [0, 0.05) is 54.4 Å². The zero-order valence-electron chi connectivity index (χ0n) is 20.6. The predicted molar refractivity (Wildman–Crippen MR) is 146 cm³/mol. The second-order valence-electron chi connectivity index (χ2n) is 8.62. The number of quaternary nitrogens is 1. The number of nitrogens with two attached hydrogens (primary N) is 1. The largest absolute Gasteiger partial charge is 0.343 e. The Hall–Kier alpha value is -4.00. The Morgan fingerprint density at radius 1 is 1.27 bits per heavy atom. The number of amides is 1. The van der Waals surface area contributed by atoms with Crippen molar-refractivity contribution in [3.05, 3.63) is 87.4 Å². The van der Waals surface area contributed by atoms with E-state index in [0.717, 1.165) is 15.5 Å². The maximum atomic E-state index is 13.5. The summed E-state index contributed by atoms with van der Waals surface area (Å²) in [5.41, 5.74) is 7.97. The number of rotatable bonds is 8. The highest BCUT2D eigenvalue weighted by Crippen LogP contribution is 2.35. The van der Waals surface area contributed by atoms with Crippen LogP contribution in [0, 0.1) is 10.1 Å². The average molecular weight is 566 g/mol. The van der Waals surface area contributed by atoms with Gasteiger partial charge in [-0.1, -0.05) is 28.1 Å². The number of fused-ring (bicyclic) bond motifs is 1. The molecule has 4 aromatic rings. The number of anilines is 2. The number of carbonyl (C=O) groups excluding carboxylic acids is 1. The molecular weight excluding hydrogens is 540 g/mol. The summed E-state index contributed by atoms with van der Waals surface area (Å²) in [7, 11) is 5.23. The van der Waals surface area contributed by atoms with Gasteiger partial charge in [-0.15, -0.1) is 0 Å². The molecule has 190 valence electrons. The van der Waals surface area contributed by atoms with Crippen LogP contribution in [0.1, 0.15) is 5.69 Å². The van der Waals surface area contributed by atoms with Crippen LogP contribution >= 0.6 is 15.9 Å². The molecule has 0 saturated heterocycles. The standard InChI is InChI=1S/C25H26BrN8O3/c1-31(18-7-4-6-17(26)12-18)25-20-13-19(9-10-21(20)28-16-29-25)34(3,24(35)8-5-11-27)15-23-22(33(36)37)14-30-32(23)2/h4-10,12-14,16H,11,15,27H2,1-3H3/q+1. The van der Waals surface area contributed by atoms with Crippen molar-refractivity contribution >= 4 is 55.6 Å². The zero-order valence-corrected chi connectivity index (χ0v) is 22.2. The quantitative estimate of drug-likeness (QED) is 0.147. The molecule has 0 aliphatic rings. The monoisotopic (exact) mass is 565 g/mol. The second-order valence-corrected chi connectivity index (χ2v) is 9.54. The van der Waals surface area contributed by atoms with Crippen LogP contribution in [0.5, 0.6) is 0 Å². The number of aryl methyl sites for hydroxylation is 1. The van der Waals surface area contributed by atoms with Gasteiger partial charge < -0.3 is 10.6 Å². The molecule has 1 unspecified atom stereocenters. The van der Waals surface area contributed by atoms with Gasteiger partial charge >= 0.3 is 11.6 Å². The van der Waals surface area contributed by atoms with Gasteiger partial charge in [-0.05, 0) is 24.3 Å². The third kappa shape index (κ3) is 5.12. The average Bonchev–Trinajstić information content (AvgIpc) is 3.25. The van der Waals surface area contributed by atoms with E-state index < -0.39 is 4.92 Å². The molecular formula is C25H26BrN8O3+. The highest BCUT2D eigenvalue weighted by molar-refractivity contribution is 9.10. The van der Waals surface area contributed by atoms with Crippen molar-refractivity contribution in [2.45, 2.75) is 6.54 Å². The van der Waals surface area contributed by atoms with Crippen LogP contribution in [0.4, 0.5) is 22.9 Å². The summed E-state index contributed by atoms with van der Waals surface area (Å²) in [5, 5.41) is 16.4. The van der Waals surface area contributed by atoms with Gasteiger partial charge in [0.1, 0.15) is 30.6 Å². The number of halogens is 1. The summed E-state index contributed by atoms with van der Waals surface area (Å²) in [6.07, 6.45) is 5.66. The normalized spacial score (nSPS) is 13.1. The van der Waals surface area contributed by atoms with Crippen LogP contribution in [-0.2, 0) is 18.4 Å². The van der Waals surface area contributed by atoms with Crippen LogP contribution < -0.4 is 15.1 Å². The lowest BCUT2D eigenvalue weighted by Gasteiger charge is -2.30. The van der Waals surface area contributed by atoms with Gasteiger partial charge in [0.15, 0.2) is 5.69 Å². The molecule has 12 heteroatoms. The highest BCUT2D eigenvalue weighted by atomic mass is 79.9. The van der Waals surface area contributed by atoms with E-state index in [1.54, 1.807) is 26.2 Å². The van der Waals surface area contributed by atoms with Crippen LogP contribution in [0.3, 0.4) is 0 Å². The zero-order chi connectivity index (χ0) is 26.7. The Kier molecular flexibility index (Phi) is 7.43. The number of hydrogen-bond acceptors (Lipinski definition) is 8. The Balaban J connectivity index is 1.88. The summed E-state index contributed by atoms with van der Waals surface area (Å²) in [6.45, 7) is 0.182. The molecule has 2 aromatic heterocycles. The Morgan fingerprint density at radius 3 is 2.76 bits per heavy atom. The molecule has 2 aromatic carbocycles. The van der Waals surface area contributed by atoms with Crippen molar-refractivity contribution in [2.75, 3.05) is 25.5 Å². The molecule has 11 nitrogen and oxygen atoms in total. The van der Waals surface area contributed by atoms with Crippen molar-refractivity contribution in [3.63, 3.8) is 0 Å². The number of nitro groups is 1. The van der Waals surface area contributed by atoms with Gasteiger partial charge in [0.25, 0.3) is 0 Å². The molecule has 1 amide bonds. The number of carbonyl (C=O) groups is 1. The SMILES string of the molecule is CN(c1cccc(Br)c1)c1ncnc2ccc([N+](C)(Cc3c([N+](=O)[O-])cnn3C)C(=O)C=CCN)cc12. The Morgan fingerprint density at radius 2 is 2.05 bits per heavy atom. The Bertz CT molecular complexity index is 1520. The lowest BCUT2D eigenvalue weighted by atomic mass is 10.1. The summed E-state index contributed by atoms with van der Waals surface area (Å²) in [5.74, 6) is 0.354. The van der Waals surface area contributed by atoms with E-state index in [1.165, 1.54) is 23.3 Å². The lowest BCUT2D eigenvalue weighted by molar-refractivity contribution is -0.385. The number of benzene rings is 2. The van der Waals surface area contributed by atoms with E-state index >= 15 is 0 Å². The van der Waals surface area contributed by atoms with E-state index in [9.17, 15) is 14.9 Å². The van der Waals surface area contributed by atoms with Crippen molar-refractivity contribution in [1.82, 2.24) is 24.2 Å². The number of hydrogen-bond donors (Lipinski definition) is 1. The first-order valence-electron chi connectivity index (χ1n) is 11.3. The third-order valence-corrected chi connectivity index (χ3v) is 6.76. The second kappa shape index (κ2) is 10.5. The van der Waals surface area contributed by atoms with Crippen LogP contribution in [0.25, 0.3) is 10.9 Å². The van der Waals surface area contributed by atoms with Gasteiger partial charge in [-0.2, -0.15) is 5.10 Å². The first-order valence-corrected chi connectivity index (χ1v) is 12.1. The van der Waals surface area contributed by atoms with E-state index in [2.05, 4.69) is 31.0 Å². The summed E-state index contributed by atoms with van der Waals surface area (Å²) in [6, 6.07) is 13.3. The summed E-state index contributed by atoms with van der Waals surface area (Å²) >= 11 is 3.51. The van der Waals surface area contributed by atoms with E-state index in [0.29, 0.717) is 22.7 Å². The molecule has 0 radical (unpaired) electrons. The van der Waals surface area contributed by atoms with Gasteiger partial charge in [-0.3, -0.25) is 14.8 Å². The fourth-order valence-corrected chi connectivity index (χ4v) is 4.52. The van der Waals surface area contributed by atoms with Gasteiger partial charge in [0.05, 0.1) is 17.5 Å². The molecule has 0 aliphatic heterocycles. The van der Waals surface area contributed by atoms with E-state index in [-0.39, 0.29) is 29.2 Å². The molecule has 2 heterocycles. The summed E-state index contributed by atoms with van der Waals surface area (Å²) < 4.78 is 2.06. The predicted octanol–water partition coefficient (Wildman–Crippen LogP) is 3.98. The molecule has 0 aliphatic carbocycles. The van der Waals surface area contributed by atoms with Crippen molar-refractivity contribution in [2.24, 2.45) is 12.8 Å². The lowest BCUT2D eigenvalue weighted by Crippen LogP contribution is -2.49. The maximum Gasteiger partial charge on any atom is 0.343 e. The topological polar surface area (TPSA) is 133 Å². The molecule has 1 atom stereocenters. The van der Waals surface area contributed by atoms with Crippen molar-refractivity contribution in [1.29, 1.82) is 0 Å². The van der Waals surface area contributed by atoms with E-state index in [1.807, 2.05) is 48.3 Å². The van der Waals surface area contributed by atoms with Gasteiger partial charge in [-0.25, -0.2) is 19.2 Å². The van der Waals surface area contributed by atoms with Crippen molar-refractivity contribution < 1.29 is 9.72 Å². The first kappa shape index (κ1) is 26.1. The van der Waals surface area contributed by atoms with Crippen LogP contribution in [0.15, 0.2) is 71.6 Å². The minimum Gasteiger partial charge on any atom is -0.329 e. The minimum absolute atomic E-state index is 0.00341. The molecule has 0 spiro atoms. The van der Waals surface area contributed by atoms with Crippen molar-refractivity contribution in [3.8, 4) is 0 Å². The summed E-state index contributed by atoms with van der Waals surface area (Å²) in [4.78, 5) is 35.6. The smallest absolute Gasteiger partial charge is 0.329 e. The molecule has 2 N–H and O–H groups in total. The number of nitrogens with zero attached hydrogens (tertiary/aromatic N) is 7.